The number of piperazine rings is 1. The fourth-order valence-corrected chi connectivity index (χ4v) is 3.10. The Morgan fingerprint density at radius 3 is 2.52 bits per heavy atom. The van der Waals surface area contributed by atoms with Gasteiger partial charge in [-0.15, -0.1) is 0 Å². The van der Waals surface area contributed by atoms with Crippen LogP contribution in [0.15, 0.2) is 35.4 Å². The quantitative estimate of drug-likeness (QED) is 0.782. The molecule has 0 unspecified atom stereocenters. The minimum Gasteiger partial charge on any atom is -0.366 e. The van der Waals surface area contributed by atoms with Crippen LogP contribution in [0.3, 0.4) is 0 Å². The molecule has 2 aromatic rings. The number of hydrogen-bond acceptors (Lipinski definition) is 4. The Hall–Kier alpha value is -1.64. The van der Waals surface area contributed by atoms with E-state index in [1.807, 2.05) is 33.6 Å². The van der Waals surface area contributed by atoms with E-state index in [0.717, 1.165) is 0 Å². The van der Waals surface area contributed by atoms with E-state index in [1.165, 1.54) is 12.4 Å². The van der Waals surface area contributed by atoms with Crippen molar-refractivity contribution in [3.8, 4) is 0 Å². The average molecular weight is 400 g/mol. The van der Waals surface area contributed by atoms with Crippen LogP contribution in [0.1, 0.15) is 0 Å². The van der Waals surface area contributed by atoms with Crippen molar-refractivity contribution in [1.82, 2.24) is 9.97 Å². The molecule has 0 aliphatic carbocycles. The molecule has 1 N–H and O–H groups in total. The summed E-state index contributed by atoms with van der Waals surface area (Å²) >= 11 is 2.01. The third-order valence-electron chi connectivity index (χ3n) is 3.55. The van der Waals surface area contributed by atoms with E-state index in [4.69, 9.17) is 0 Å². The predicted octanol–water partition coefficient (Wildman–Crippen LogP) is 1.84. The fourth-order valence-electron chi connectivity index (χ4n) is 2.46. The summed E-state index contributed by atoms with van der Waals surface area (Å²) in [5.41, 5.74) is 0.503. The number of benzene rings is 1. The van der Waals surface area contributed by atoms with Crippen LogP contribution in [0.2, 0.25) is 0 Å². The normalized spacial score (nSPS) is 15.3. The molecule has 1 aromatic heterocycles. The number of aromatic nitrogens is 2. The van der Waals surface area contributed by atoms with Gasteiger partial charge in [-0.25, -0.2) is 9.37 Å². The van der Waals surface area contributed by atoms with Gasteiger partial charge in [0.05, 0.1) is 12.0 Å². The SMILES string of the molecule is O=c1[nH]cnc(N2CCN(c3ccccc3F)CC2)c1I. The summed E-state index contributed by atoms with van der Waals surface area (Å²) in [6.45, 7) is 2.82. The van der Waals surface area contributed by atoms with Gasteiger partial charge in [-0.1, -0.05) is 12.1 Å². The Kier molecular flexibility index (Phi) is 4.09. The molecule has 5 nitrogen and oxygen atoms in total. The Morgan fingerprint density at radius 1 is 1.14 bits per heavy atom. The molecule has 2 heterocycles. The number of para-hydroxylation sites is 1. The zero-order valence-electron chi connectivity index (χ0n) is 11.2. The number of aromatic amines is 1. The molecule has 0 saturated carbocycles. The lowest BCUT2D eigenvalue weighted by Gasteiger charge is -2.37. The molecule has 0 bridgehead atoms. The largest absolute Gasteiger partial charge is 0.366 e. The molecule has 110 valence electrons. The van der Waals surface area contributed by atoms with Crippen LogP contribution in [0, 0.1) is 9.39 Å². The standard InChI is InChI=1S/C14H14FIN4O/c15-10-3-1-2-4-11(10)19-5-7-20(8-6-19)13-12(16)14(21)18-9-17-13/h1-4,9H,5-8H2,(H,17,18,21). The summed E-state index contributed by atoms with van der Waals surface area (Å²) in [5, 5.41) is 0. The number of H-pyrrole nitrogens is 1. The molecule has 0 atom stereocenters. The van der Waals surface area contributed by atoms with E-state index in [2.05, 4.69) is 14.9 Å². The first-order valence-corrected chi connectivity index (χ1v) is 7.72. The summed E-state index contributed by atoms with van der Waals surface area (Å²) in [4.78, 5) is 22.5. The van der Waals surface area contributed by atoms with Crippen LogP contribution >= 0.6 is 22.6 Å². The van der Waals surface area contributed by atoms with Crippen molar-refractivity contribution in [2.75, 3.05) is 36.0 Å². The van der Waals surface area contributed by atoms with Crippen molar-refractivity contribution in [2.45, 2.75) is 0 Å². The minimum atomic E-state index is -0.199. The Balaban J connectivity index is 1.75. The maximum Gasteiger partial charge on any atom is 0.266 e. The average Bonchev–Trinajstić information content (AvgIpc) is 2.51. The number of anilines is 2. The van der Waals surface area contributed by atoms with Crippen molar-refractivity contribution in [3.05, 3.63) is 50.3 Å². The summed E-state index contributed by atoms with van der Waals surface area (Å²) < 4.78 is 14.4. The number of rotatable bonds is 2. The maximum absolute atomic E-state index is 13.8. The van der Waals surface area contributed by atoms with Crippen LogP contribution in [0.5, 0.6) is 0 Å². The summed E-state index contributed by atoms with van der Waals surface area (Å²) in [5.74, 6) is 0.502. The fraction of sp³-hybridized carbons (Fsp3) is 0.286. The molecule has 1 fully saturated rings. The molecule has 3 rings (SSSR count). The Morgan fingerprint density at radius 2 is 1.81 bits per heavy atom. The summed E-state index contributed by atoms with van der Waals surface area (Å²) in [6, 6.07) is 6.80. The van der Waals surface area contributed by atoms with Gasteiger partial charge >= 0.3 is 0 Å². The first-order chi connectivity index (χ1) is 10.2. The van der Waals surface area contributed by atoms with Crippen molar-refractivity contribution in [3.63, 3.8) is 0 Å². The van der Waals surface area contributed by atoms with Crippen LogP contribution < -0.4 is 15.4 Å². The van der Waals surface area contributed by atoms with E-state index in [9.17, 15) is 9.18 Å². The van der Waals surface area contributed by atoms with Crippen molar-refractivity contribution in [1.29, 1.82) is 0 Å². The van der Waals surface area contributed by atoms with Crippen molar-refractivity contribution < 1.29 is 4.39 Å². The van der Waals surface area contributed by atoms with E-state index < -0.39 is 0 Å². The monoisotopic (exact) mass is 400 g/mol. The zero-order valence-corrected chi connectivity index (χ0v) is 13.4. The molecule has 0 radical (unpaired) electrons. The molecule has 0 amide bonds. The smallest absolute Gasteiger partial charge is 0.266 e. The third-order valence-corrected chi connectivity index (χ3v) is 4.52. The molecular formula is C14H14FIN4O. The molecule has 0 spiro atoms. The molecule has 1 saturated heterocycles. The molecule has 7 heteroatoms. The number of hydrogen-bond donors (Lipinski definition) is 1. The van der Waals surface area contributed by atoms with Crippen molar-refractivity contribution >= 4 is 34.1 Å². The minimum absolute atomic E-state index is 0.128. The van der Waals surface area contributed by atoms with Crippen LogP contribution in [-0.2, 0) is 0 Å². The van der Waals surface area contributed by atoms with Gasteiger partial charge < -0.3 is 14.8 Å². The van der Waals surface area contributed by atoms with Gasteiger partial charge in [0.1, 0.15) is 15.2 Å². The molecule has 1 aromatic carbocycles. The molecule has 1 aliphatic rings. The lowest BCUT2D eigenvalue weighted by atomic mass is 10.2. The van der Waals surface area contributed by atoms with Crippen LogP contribution in [0.4, 0.5) is 15.9 Å². The maximum atomic E-state index is 13.8. The number of halogens is 2. The van der Waals surface area contributed by atoms with Gasteiger partial charge in [0.2, 0.25) is 0 Å². The van der Waals surface area contributed by atoms with Gasteiger partial charge in [-0.2, -0.15) is 0 Å². The van der Waals surface area contributed by atoms with E-state index in [-0.39, 0.29) is 11.4 Å². The van der Waals surface area contributed by atoms with E-state index in [0.29, 0.717) is 41.3 Å². The van der Waals surface area contributed by atoms with Gasteiger partial charge in [-0.3, -0.25) is 4.79 Å². The van der Waals surface area contributed by atoms with Gasteiger partial charge in [0, 0.05) is 26.2 Å². The lowest BCUT2D eigenvalue weighted by molar-refractivity contribution is 0.595. The highest BCUT2D eigenvalue weighted by Gasteiger charge is 2.22. The van der Waals surface area contributed by atoms with E-state index in [1.54, 1.807) is 12.1 Å². The lowest BCUT2D eigenvalue weighted by Crippen LogP contribution is -2.47. The van der Waals surface area contributed by atoms with E-state index >= 15 is 0 Å². The first kappa shape index (κ1) is 14.3. The highest BCUT2D eigenvalue weighted by Crippen LogP contribution is 2.22. The first-order valence-electron chi connectivity index (χ1n) is 6.64. The van der Waals surface area contributed by atoms with Gasteiger partial charge in [0.15, 0.2) is 0 Å². The number of nitrogens with one attached hydrogen (secondary N) is 1. The predicted molar refractivity (Wildman–Crippen MR) is 88.4 cm³/mol. The number of nitrogens with zero attached hydrogens (tertiary/aromatic N) is 3. The Bertz CT molecular complexity index is 697. The zero-order chi connectivity index (χ0) is 14.8. The summed E-state index contributed by atoms with van der Waals surface area (Å²) in [7, 11) is 0. The topological polar surface area (TPSA) is 52.2 Å². The Labute approximate surface area is 134 Å². The molecule has 21 heavy (non-hydrogen) atoms. The highest BCUT2D eigenvalue weighted by atomic mass is 127. The second-order valence-corrected chi connectivity index (χ2v) is 5.87. The summed E-state index contributed by atoms with van der Waals surface area (Å²) in [6.07, 6.45) is 1.42. The van der Waals surface area contributed by atoms with Crippen LogP contribution in [0.25, 0.3) is 0 Å². The molecule has 1 aliphatic heterocycles. The van der Waals surface area contributed by atoms with Crippen molar-refractivity contribution in [2.24, 2.45) is 0 Å². The van der Waals surface area contributed by atoms with Gasteiger partial charge in [-0.05, 0) is 34.7 Å². The second-order valence-electron chi connectivity index (χ2n) is 4.79. The van der Waals surface area contributed by atoms with Gasteiger partial charge in [0.25, 0.3) is 5.56 Å². The highest BCUT2D eigenvalue weighted by molar-refractivity contribution is 14.1. The van der Waals surface area contributed by atoms with Crippen LogP contribution in [-0.4, -0.2) is 36.1 Å². The second kappa shape index (κ2) is 6.00. The molecular weight excluding hydrogens is 386 g/mol. The third kappa shape index (κ3) is 2.87.